The Morgan fingerprint density at radius 2 is 1.82 bits per heavy atom. The van der Waals surface area contributed by atoms with Crippen LogP contribution in [0.1, 0.15) is 5.76 Å². The maximum Gasteiger partial charge on any atom is 0.270 e. The van der Waals surface area contributed by atoms with E-state index in [-0.39, 0.29) is 5.91 Å². The lowest BCUT2D eigenvalue weighted by atomic mass is 10.3. The van der Waals surface area contributed by atoms with Crippen LogP contribution in [0, 0.1) is 0 Å². The number of hydrogen-bond acceptors (Lipinski definition) is 5. The number of amides is 1. The third-order valence-corrected chi connectivity index (χ3v) is 6.49. The highest BCUT2D eigenvalue weighted by Gasteiger charge is 2.33. The molecule has 0 radical (unpaired) electrons. The Bertz CT molecular complexity index is 1090. The van der Waals surface area contributed by atoms with Gasteiger partial charge in [-0.05, 0) is 54.6 Å². The molecule has 1 amide bonds. The normalized spacial score (nSPS) is 15.6. The van der Waals surface area contributed by atoms with E-state index in [1.165, 1.54) is 28.4 Å². The first-order chi connectivity index (χ1) is 13.5. The van der Waals surface area contributed by atoms with Gasteiger partial charge in [0.1, 0.15) is 5.76 Å². The Kier molecular flexibility index (Phi) is 5.85. The summed E-state index contributed by atoms with van der Waals surface area (Å²) in [4.78, 5) is 15.8. The molecule has 0 spiro atoms. The Balaban J connectivity index is 1.53. The summed E-state index contributed by atoms with van der Waals surface area (Å²) in [7, 11) is 0. The molecule has 0 unspecified atom stereocenters. The summed E-state index contributed by atoms with van der Waals surface area (Å²) in [5.74, 6) is 0.392. The van der Waals surface area contributed by atoms with Crippen molar-refractivity contribution >= 4 is 80.9 Å². The molecule has 1 fully saturated rings. The number of anilines is 1. The van der Waals surface area contributed by atoms with Crippen molar-refractivity contribution in [1.82, 2.24) is 0 Å². The zero-order chi connectivity index (χ0) is 19.7. The molecule has 3 aromatic rings. The molecule has 2 aromatic carbocycles. The van der Waals surface area contributed by atoms with Crippen LogP contribution in [0.4, 0.5) is 5.69 Å². The molecule has 1 aromatic heterocycles. The molecule has 28 heavy (non-hydrogen) atoms. The molecule has 3 nitrogen and oxygen atoms in total. The van der Waals surface area contributed by atoms with Crippen LogP contribution < -0.4 is 4.90 Å². The van der Waals surface area contributed by atoms with Gasteiger partial charge in [-0.2, -0.15) is 0 Å². The van der Waals surface area contributed by atoms with Gasteiger partial charge in [0, 0.05) is 21.0 Å². The fourth-order valence-electron chi connectivity index (χ4n) is 2.52. The van der Waals surface area contributed by atoms with Crippen LogP contribution >= 0.6 is 58.9 Å². The minimum Gasteiger partial charge on any atom is -0.450 e. The van der Waals surface area contributed by atoms with E-state index in [4.69, 9.17) is 39.8 Å². The number of benzene rings is 2. The lowest BCUT2D eigenvalue weighted by Crippen LogP contribution is -2.27. The smallest absolute Gasteiger partial charge is 0.270 e. The second-order valence-corrected chi connectivity index (χ2v) is 9.34. The van der Waals surface area contributed by atoms with E-state index in [2.05, 4.69) is 0 Å². The van der Waals surface area contributed by atoms with Gasteiger partial charge in [-0.25, -0.2) is 0 Å². The van der Waals surface area contributed by atoms with E-state index in [1.807, 2.05) is 36.4 Å². The molecular formula is C20H11Cl2NO2S3. The second-order valence-electron chi connectivity index (χ2n) is 5.71. The van der Waals surface area contributed by atoms with Gasteiger partial charge >= 0.3 is 0 Å². The van der Waals surface area contributed by atoms with E-state index in [0.717, 1.165) is 9.99 Å². The van der Waals surface area contributed by atoms with Gasteiger partial charge in [-0.15, -0.1) is 0 Å². The highest BCUT2D eigenvalue weighted by atomic mass is 35.5. The Morgan fingerprint density at radius 1 is 1.04 bits per heavy atom. The van der Waals surface area contributed by atoms with Crippen molar-refractivity contribution in [2.24, 2.45) is 0 Å². The molecule has 0 saturated carbocycles. The molecule has 0 bridgehead atoms. The molecular weight excluding hydrogens is 453 g/mol. The predicted octanol–water partition coefficient (Wildman–Crippen LogP) is 7.14. The number of thioether (sulfide) groups is 1. The molecule has 0 N–H and O–H groups in total. The summed E-state index contributed by atoms with van der Waals surface area (Å²) in [5, 5.41) is 1.95. The van der Waals surface area contributed by atoms with Crippen molar-refractivity contribution in [1.29, 1.82) is 0 Å². The van der Waals surface area contributed by atoms with Gasteiger partial charge in [0.2, 0.25) is 0 Å². The fourth-order valence-corrected chi connectivity index (χ4v) is 4.89. The van der Waals surface area contributed by atoms with E-state index < -0.39 is 0 Å². The SMILES string of the molecule is O=C1/C(=C\c2ccc(Sc3ccc(Cl)cc3)o2)SC(=S)N1c1cccc(Cl)c1. The van der Waals surface area contributed by atoms with Gasteiger partial charge in [0.15, 0.2) is 9.41 Å². The summed E-state index contributed by atoms with van der Waals surface area (Å²) in [5.41, 5.74) is 0.650. The topological polar surface area (TPSA) is 33.5 Å². The van der Waals surface area contributed by atoms with Crippen LogP contribution in [-0.4, -0.2) is 10.2 Å². The highest BCUT2D eigenvalue weighted by Crippen LogP contribution is 2.37. The van der Waals surface area contributed by atoms with Crippen LogP contribution in [0.2, 0.25) is 10.0 Å². The lowest BCUT2D eigenvalue weighted by Gasteiger charge is -2.14. The van der Waals surface area contributed by atoms with Crippen molar-refractivity contribution < 1.29 is 9.21 Å². The maximum atomic E-state index is 12.8. The van der Waals surface area contributed by atoms with Gasteiger partial charge < -0.3 is 4.42 Å². The molecule has 0 aliphatic carbocycles. The number of carbonyl (C=O) groups is 1. The molecule has 1 aliphatic heterocycles. The summed E-state index contributed by atoms with van der Waals surface area (Å²) >= 11 is 20.0. The molecule has 1 aliphatic rings. The number of furan rings is 1. The van der Waals surface area contributed by atoms with Crippen LogP contribution in [0.3, 0.4) is 0 Å². The van der Waals surface area contributed by atoms with Crippen molar-refractivity contribution in [3.05, 3.63) is 81.4 Å². The summed E-state index contributed by atoms with van der Waals surface area (Å²) in [6, 6.07) is 18.2. The van der Waals surface area contributed by atoms with Crippen LogP contribution in [0.25, 0.3) is 6.08 Å². The highest BCUT2D eigenvalue weighted by molar-refractivity contribution is 8.27. The van der Waals surface area contributed by atoms with Crippen molar-refractivity contribution in [2.45, 2.75) is 9.99 Å². The first-order valence-corrected chi connectivity index (χ1v) is 10.9. The Morgan fingerprint density at radius 3 is 2.57 bits per heavy atom. The summed E-state index contributed by atoms with van der Waals surface area (Å²) in [6.45, 7) is 0. The van der Waals surface area contributed by atoms with Gasteiger partial charge in [0.25, 0.3) is 5.91 Å². The number of thiocarbonyl (C=S) groups is 1. The average Bonchev–Trinajstić information content (AvgIpc) is 3.21. The Labute approximate surface area is 185 Å². The summed E-state index contributed by atoms with van der Waals surface area (Å²) in [6.07, 6.45) is 1.70. The quantitative estimate of drug-likeness (QED) is 0.303. The molecule has 1 saturated heterocycles. The van der Waals surface area contributed by atoms with Crippen LogP contribution in [0.5, 0.6) is 0 Å². The van der Waals surface area contributed by atoms with Gasteiger partial charge in [-0.3, -0.25) is 9.69 Å². The van der Waals surface area contributed by atoms with E-state index in [0.29, 0.717) is 30.7 Å². The molecule has 2 heterocycles. The second kappa shape index (κ2) is 8.35. The number of nitrogens with zero attached hydrogens (tertiary/aromatic N) is 1. The Hall–Kier alpha value is -1.70. The number of rotatable bonds is 4. The number of hydrogen-bond donors (Lipinski definition) is 0. The maximum absolute atomic E-state index is 12.8. The molecule has 4 rings (SSSR count). The molecule has 8 heteroatoms. The van der Waals surface area contributed by atoms with E-state index in [9.17, 15) is 4.79 Å². The molecule has 0 atom stereocenters. The lowest BCUT2D eigenvalue weighted by molar-refractivity contribution is -0.113. The average molecular weight is 464 g/mol. The van der Waals surface area contributed by atoms with Crippen LogP contribution in [0.15, 0.2) is 80.0 Å². The zero-order valence-electron chi connectivity index (χ0n) is 14.1. The zero-order valence-corrected chi connectivity index (χ0v) is 18.1. The first kappa shape index (κ1) is 19.6. The third kappa shape index (κ3) is 4.31. The largest absolute Gasteiger partial charge is 0.450 e. The first-order valence-electron chi connectivity index (χ1n) is 8.06. The third-order valence-electron chi connectivity index (χ3n) is 3.77. The fraction of sp³-hybridized carbons (Fsp3) is 0. The number of halogens is 2. The standard InChI is InChI=1S/C20H11Cl2NO2S3/c21-12-4-7-16(8-5-12)27-18-9-6-15(25-18)11-17-19(24)23(20(26)28-17)14-3-1-2-13(22)10-14/h1-11H/b17-11+. The van der Waals surface area contributed by atoms with E-state index in [1.54, 1.807) is 30.3 Å². The van der Waals surface area contributed by atoms with Crippen molar-refractivity contribution in [3.8, 4) is 0 Å². The molecule has 140 valence electrons. The summed E-state index contributed by atoms with van der Waals surface area (Å²) < 4.78 is 6.29. The van der Waals surface area contributed by atoms with Crippen LogP contribution in [-0.2, 0) is 4.79 Å². The van der Waals surface area contributed by atoms with Crippen molar-refractivity contribution in [3.63, 3.8) is 0 Å². The van der Waals surface area contributed by atoms with Gasteiger partial charge in [0.05, 0.1) is 10.6 Å². The number of carbonyl (C=O) groups excluding carboxylic acids is 1. The minimum atomic E-state index is -0.194. The predicted molar refractivity (Wildman–Crippen MR) is 121 cm³/mol. The van der Waals surface area contributed by atoms with E-state index >= 15 is 0 Å². The minimum absolute atomic E-state index is 0.194. The van der Waals surface area contributed by atoms with Crippen molar-refractivity contribution in [2.75, 3.05) is 4.90 Å². The monoisotopic (exact) mass is 463 g/mol. The van der Waals surface area contributed by atoms with Gasteiger partial charge in [-0.1, -0.05) is 65.0 Å².